The van der Waals surface area contributed by atoms with Gasteiger partial charge < -0.3 is 38.0 Å². The minimum atomic E-state index is -3.02. The van der Waals surface area contributed by atoms with E-state index < -0.39 is 88.7 Å². The van der Waals surface area contributed by atoms with Gasteiger partial charge in [0.2, 0.25) is 0 Å². The smallest absolute Gasteiger partial charge is 0.441 e. The first-order valence-electron chi connectivity index (χ1n) is 16.1. The quantitative estimate of drug-likeness (QED) is 0.0823. The summed E-state index contributed by atoms with van der Waals surface area (Å²) in [6.07, 6.45) is 0.958. The van der Waals surface area contributed by atoms with E-state index in [1.165, 1.54) is 0 Å². The average molecular weight is 784 g/mol. The second-order valence-electron chi connectivity index (χ2n) is 16.1. The SMILES string of the molecule is CCC[Si](O[Si](C)(C)CCO[SiH2]O[Si](C)(C)C)(O[Si](C)(C)CCO[SiH2]O[Si](C)(C)C)O[Si](C)(C)CCO[SiH2]O[Si](C)(C)C. The first-order chi connectivity index (χ1) is 19.3. The van der Waals surface area contributed by atoms with E-state index in [-0.39, 0.29) is 0 Å². The molecule has 0 fully saturated rings. The summed E-state index contributed by atoms with van der Waals surface area (Å²) in [5.74, 6) is 0. The van der Waals surface area contributed by atoms with Crippen molar-refractivity contribution in [3.8, 4) is 0 Å². The molecule has 9 nitrogen and oxygen atoms in total. The van der Waals surface area contributed by atoms with Gasteiger partial charge in [0, 0.05) is 25.9 Å². The molecule has 0 heterocycles. The Morgan fingerprint density at radius 2 is 0.651 bits per heavy atom. The Balaban J connectivity index is 5.68. The molecule has 0 amide bonds. The van der Waals surface area contributed by atoms with Crippen molar-refractivity contribution in [3.05, 3.63) is 0 Å². The molecule has 0 aliphatic carbocycles. The van der Waals surface area contributed by atoms with Gasteiger partial charge in [0.15, 0.2) is 49.9 Å². The molecule has 0 N–H and O–H groups in total. The molecule has 0 rings (SSSR count). The molecule has 0 radical (unpaired) electrons. The van der Waals surface area contributed by atoms with Crippen molar-refractivity contribution in [1.29, 1.82) is 0 Å². The fourth-order valence-electron chi connectivity index (χ4n) is 3.72. The maximum absolute atomic E-state index is 7.23. The monoisotopic (exact) mass is 782 g/mol. The van der Waals surface area contributed by atoms with E-state index in [4.69, 9.17) is 38.0 Å². The van der Waals surface area contributed by atoms with Gasteiger partial charge in [0.05, 0.1) is 0 Å². The second-order valence-corrected chi connectivity index (χ2v) is 50.6. The number of rotatable bonds is 26. The topological polar surface area (TPSA) is 83.1 Å². The lowest BCUT2D eigenvalue weighted by atomic mass is 10.6. The van der Waals surface area contributed by atoms with Crippen LogP contribution in [0.15, 0.2) is 0 Å². The van der Waals surface area contributed by atoms with Gasteiger partial charge in [-0.25, -0.2) is 0 Å². The van der Waals surface area contributed by atoms with Gasteiger partial charge in [-0.2, -0.15) is 0 Å². The van der Waals surface area contributed by atoms with Gasteiger partial charge in [0.1, 0.15) is 0 Å². The van der Waals surface area contributed by atoms with Crippen LogP contribution in [0.4, 0.5) is 0 Å². The summed E-state index contributed by atoms with van der Waals surface area (Å²) < 4.78 is 57.9. The molecule has 0 spiro atoms. The molecule has 0 aromatic carbocycles. The first kappa shape index (κ1) is 44.8. The first-order valence-corrected chi connectivity index (χ1v) is 41.0. The Kier molecular flexibility index (Phi) is 20.5. The Labute approximate surface area is 280 Å². The minimum absolute atomic E-state index is 0.680. The highest BCUT2D eigenvalue weighted by atomic mass is 28.5. The highest BCUT2D eigenvalue weighted by Crippen LogP contribution is 2.33. The predicted octanol–water partition coefficient (Wildman–Crippen LogP) is 5.60. The third-order valence-electron chi connectivity index (χ3n) is 6.12. The van der Waals surface area contributed by atoms with Crippen LogP contribution in [0.2, 0.25) is 122 Å². The maximum Gasteiger partial charge on any atom is 0.469 e. The van der Waals surface area contributed by atoms with E-state index in [2.05, 4.69) is 105 Å². The summed E-state index contributed by atoms with van der Waals surface area (Å²) in [6, 6.07) is 3.52. The number of hydrogen-bond donors (Lipinski definition) is 0. The van der Waals surface area contributed by atoms with Crippen LogP contribution in [0.25, 0.3) is 0 Å². The van der Waals surface area contributed by atoms with Crippen LogP contribution in [-0.2, 0) is 38.0 Å². The molecule has 260 valence electrons. The third kappa shape index (κ3) is 26.4. The molecular weight excluding hydrogens is 713 g/mol. The second kappa shape index (κ2) is 19.7. The molecule has 0 saturated carbocycles. The van der Waals surface area contributed by atoms with E-state index in [1.807, 2.05) is 0 Å². The van der Waals surface area contributed by atoms with Crippen LogP contribution < -0.4 is 0 Å². The lowest BCUT2D eigenvalue weighted by Crippen LogP contribution is -2.62. The van der Waals surface area contributed by atoms with Crippen molar-refractivity contribution in [2.24, 2.45) is 0 Å². The van der Waals surface area contributed by atoms with Crippen LogP contribution in [0.5, 0.6) is 0 Å². The van der Waals surface area contributed by atoms with Gasteiger partial charge in [-0.05, 0) is 116 Å². The zero-order chi connectivity index (χ0) is 33.6. The molecule has 0 atom stereocenters. The van der Waals surface area contributed by atoms with Crippen molar-refractivity contribution in [3.63, 3.8) is 0 Å². The average Bonchev–Trinajstić information content (AvgIpc) is 2.74. The fourth-order valence-corrected chi connectivity index (χ4v) is 27.3. The molecular formula is C24H70O9Si10. The van der Waals surface area contributed by atoms with Crippen molar-refractivity contribution in [2.45, 2.75) is 136 Å². The van der Waals surface area contributed by atoms with E-state index in [0.717, 1.165) is 30.6 Å². The zero-order valence-electron chi connectivity index (χ0n) is 31.0. The van der Waals surface area contributed by atoms with Crippen LogP contribution in [0.1, 0.15) is 13.3 Å². The molecule has 0 aliphatic heterocycles. The van der Waals surface area contributed by atoms with Crippen molar-refractivity contribution in [1.82, 2.24) is 0 Å². The maximum atomic E-state index is 7.23. The zero-order valence-corrected chi connectivity index (χ0v) is 42.2. The summed E-state index contributed by atoms with van der Waals surface area (Å²) >= 11 is 0. The van der Waals surface area contributed by atoms with Crippen LogP contribution >= 0.6 is 0 Å². The van der Waals surface area contributed by atoms with E-state index >= 15 is 0 Å². The van der Waals surface area contributed by atoms with E-state index in [0.29, 0.717) is 19.8 Å². The molecule has 0 aliphatic rings. The van der Waals surface area contributed by atoms with Crippen LogP contribution in [0, 0.1) is 0 Å². The Hall–Kier alpha value is 1.81. The van der Waals surface area contributed by atoms with Crippen molar-refractivity contribution < 1.29 is 38.0 Å². The lowest BCUT2D eigenvalue weighted by Gasteiger charge is -2.45. The highest BCUT2D eigenvalue weighted by Gasteiger charge is 2.51. The molecule has 0 bridgehead atoms. The standard InChI is InChI=1S/C24H70O9Si10/c1-17-21-43(31-40(11,12)22-18-25-34-28-37(2,3)4,32-41(13,14)23-19-26-35-29-38(5,6)7)33-42(15,16)24-20-27-36-30-39(8,9)10/h17-24,34-36H2,1-16H3. The summed E-state index contributed by atoms with van der Waals surface area (Å²) in [7, 11) is -17.0. The van der Waals surface area contributed by atoms with E-state index in [9.17, 15) is 0 Å². The normalized spacial score (nSPS) is 16.5. The van der Waals surface area contributed by atoms with Crippen molar-refractivity contribution in [2.75, 3.05) is 19.8 Å². The van der Waals surface area contributed by atoms with Crippen LogP contribution in [-0.4, -0.2) is 109 Å². The highest BCUT2D eigenvalue weighted by molar-refractivity contribution is 6.90. The molecule has 0 unspecified atom stereocenters. The summed E-state index contributed by atoms with van der Waals surface area (Å²) in [5, 5.41) is 0. The molecule has 19 heteroatoms. The Morgan fingerprint density at radius 1 is 0.395 bits per heavy atom. The van der Waals surface area contributed by atoms with Gasteiger partial charge in [-0.15, -0.1) is 0 Å². The van der Waals surface area contributed by atoms with Gasteiger partial charge in [-0.3, -0.25) is 0 Å². The number of hydrogen-bond acceptors (Lipinski definition) is 9. The predicted molar refractivity (Wildman–Crippen MR) is 208 cm³/mol. The molecule has 0 saturated heterocycles. The largest absolute Gasteiger partial charge is 0.469 e. The van der Waals surface area contributed by atoms with Crippen LogP contribution in [0.3, 0.4) is 0 Å². The summed E-state index contributed by atoms with van der Waals surface area (Å²) in [6.45, 7) is 37.9. The van der Waals surface area contributed by atoms with Gasteiger partial charge >= 0.3 is 8.80 Å². The van der Waals surface area contributed by atoms with Gasteiger partial charge in [-0.1, -0.05) is 13.3 Å². The molecule has 0 aromatic heterocycles. The third-order valence-corrected chi connectivity index (χ3v) is 35.0. The minimum Gasteiger partial charge on any atom is -0.441 e. The fraction of sp³-hybridized carbons (Fsp3) is 1.00. The Morgan fingerprint density at radius 3 is 0.860 bits per heavy atom. The summed E-state index contributed by atoms with van der Waals surface area (Å²) in [5.41, 5.74) is 0. The van der Waals surface area contributed by atoms with Crippen molar-refractivity contribution >= 4 is 88.7 Å². The molecule has 43 heavy (non-hydrogen) atoms. The summed E-state index contributed by atoms with van der Waals surface area (Å²) in [4.78, 5) is 0. The van der Waals surface area contributed by atoms with Gasteiger partial charge in [0.25, 0.3) is 30.0 Å². The van der Waals surface area contributed by atoms with E-state index in [1.54, 1.807) is 0 Å². The Bertz CT molecular complexity index is 664. The molecule has 0 aromatic rings. The lowest BCUT2D eigenvalue weighted by molar-refractivity contribution is 0.235.